The number of hydrogen-bond donors (Lipinski definition) is 26. The van der Waals surface area contributed by atoms with Gasteiger partial charge in [-0.2, -0.15) is 11.8 Å². The summed E-state index contributed by atoms with van der Waals surface area (Å²) >= 11 is 1.27. The maximum absolute atomic E-state index is 14.8. The Morgan fingerprint density at radius 2 is 0.805 bits per heavy atom. The molecule has 0 aliphatic carbocycles. The van der Waals surface area contributed by atoms with E-state index < -0.39 is 309 Å². The quantitative estimate of drug-likeness (QED) is 0.0252. The van der Waals surface area contributed by atoms with Gasteiger partial charge in [0, 0.05) is 13.0 Å². The third-order valence-electron chi connectivity index (χ3n) is 21.5. The highest BCUT2D eigenvalue weighted by molar-refractivity contribution is 7.98. The number of carboxylic acid groups (broad SMARTS) is 2. The molecule has 1 saturated heterocycles. The summed E-state index contributed by atoms with van der Waals surface area (Å²) in [6.45, 7) is 19.3. The highest BCUT2D eigenvalue weighted by atomic mass is 32.2. The number of nitrogens with one attached hydrogen (secondary N) is 16. The number of aliphatic hydroxyl groups is 3. The fourth-order valence-electron chi connectivity index (χ4n) is 13.6. The number of aliphatic hydroxyl groups excluding tert-OH is 3. The van der Waals surface area contributed by atoms with Gasteiger partial charge in [-0.1, -0.05) is 95.9 Å². The van der Waals surface area contributed by atoms with Crippen LogP contribution in [0.25, 0.3) is 0 Å². The summed E-state index contributed by atoms with van der Waals surface area (Å²) in [6, 6.07) is -26.7. The molecular formula is C83H144N22O27S. The molecule has 754 valence electrons. The zero-order valence-corrected chi connectivity index (χ0v) is 79.2. The Hall–Kier alpha value is -11.5. The zero-order valence-electron chi connectivity index (χ0n) is 78.4. The number of unbranched alkanes of at least 4 members (excludes halogenated alkanes) is 1. The molecule has 0 spiro atoms. The van der Waals surface area contributed by atoms with E-state index in [1.807, 2.05) is 0 Å². The molecule has 31 N–H and O–H groups in total. The standard InChI is InChI=1S/C83H144N22O27S/c1-16-42(11)64(103-76(125)52(31-40(7)8)95-70(119)48(23-24-61(112)113)91-77(126)55(36-106)99-68(117)46(85)32-58(86)109)81(130)97-53(33-59(87)110)75(124)100-56(37-107)78(127)96-51(30-39(5)6)74(123)94-50(29-38(3)4)69(118)89-35-60(111)101-65(43(12)17-2)83(132)105-27-20-22-57(105)79(128)92-47(21-18-19-26-84)71(120)102-63(41(9)10)80(129)93-49(25-28-133-15)72(121)104-66(45(14)108)82(131)98-54(34-62(114)115)73(122)90-44(13)67(88)116/h38-57,63-66,106-108H,16-37,84-85H2,1-15H3,(H2,86,109)(H2,87,110)(H2,88,116)(H,89,118)(H,90,122)(H,91,126)(H,92,128)(H,93,129)(H,94,123)(H,95,119)(H,96,127)(H,97,130)(H,98,131)(H,99,117)(H,100,124)(H,101,111)(H,102,120)(H,103,125)(H,104,121)(H,112,113)(H,114,115)/t42-,43-,44-,45+,46-,47-,48-,49-,50-,51-,52-,53-,54-,55-,56-,57-,63-,64-,65-,66-/m0/s1. The first-order valence-corrected chi connectivity index (χ1v) is 45.8. The van der Waals surface area contributed by atoms with Crippen molar-refractivity contribution >= 4 is 142 Å². The molecule has 0 aromatic heterocycles. The van der Waals surface area contributed by atoms with E-state index in [0.29, 0.717) is 19.3 Å². The van der Waals surface area contributed by atoms with E-state index in [1.54, 1.807) is 82.4 Å². The largest absolute Gasteiger partial charge is 0.481 e. The number of carbonyl (C=O) groups is 22. The molecular weight excluding hydrogens is 1770 g/mol. The summed E-state index contributed by atoms with van der Waals surface area (Å²) in [7, 11) is 0. The molecule has 1 rings (SSSR count). The lowest BCUT2D eigenvalue weighted by Gasteiger charge is -2.32. The number of rotatable bonds is 64. The van der Waals surface area contributed by atoms with Gasteiger partial charge in [-0.05, 0) is 132 Å². The minimum absolute atomic E-state index is 0.0187. The minimum Gasteiger partial charge on any atom is -0.481 e. The van der Waals surface area contributed by atoms with Crippen LogP contribution in [0.2, 0.25) is 0 Å². The lowest BCUT2D eigenvalue weighted by atomic mass is 9.96. The summed E-state index contributed by atoms with van der Waals surface area (Å²) < 4.78 is 0. The van der Waals surface area contributed by atoms with E-state index >= 15 is 0 Å². The summed E-state index contributed by atoms with van der Waals surface area (Å²) in [5.74, 6) is -26.3. The Kier molecular flexibility index (Phi) is 54.4. The number of primary amides is 3. The summed E-state index contributed by atoms with van der Waals surface area (Å²) in [5, 5.41) is 89.1. The Labute approximate surface area is 777 Å². The van der Waals surface area contributed by atoms with E-state index in [0.717, 1.165) is 6.92 Å². The second kappa shape index (κ2) is 60.6. The third kappa shape index (κ3) is 43.4. The number of aliphatic carboxylic acids is 2. The third-order valence-corrected chi connectivity index (χ3v) is 22.2. The predicted octanol–water partition coefficient (Wildman–Crippen LogP) is -8.58. The van der Waals surface area contributed by atoms with Crippen LogP contribution in [0.3, 0.4) is 0 Å². The van der Waals surface area contributed by atoms with E-state index in [2.05, 4.69) is 85.1 Å². The van der Waals surface area contributed by atoms with Crippen molar-refractivity contribution in [2.45, 2.75) is 308 Å². The normalized spacial score (nSPS) is 16.8. The van der Waals surface area contributed by atoms with Crippen molar-refractivity contribution in [2.24, 2.45) is 64.2 Å². The summed E-state index contributed by atoms with van der Waals surface area (Å²) in [6.07, 6.45) is -2.81. The molecule has 0 aromatic rings. The number of carboxylic acids is 2. The van der Waals surface area contributed by atoms with E-state index in [4.69, 9.17) is 28.7 Å². The van der Waals surface area contributed by atoms with Crippen LogP contribution in [0, 0.1) is 35.5 Å². The lowest BCUT2D eigenvalue weighted by Crippen LogP contribution is -2.62. The van der Waals surface area contributed by atoms with Crippen LogP contribution >= 0.6 is 11.8 Å². The van der Waals surface area contributed by atoms with Crippen LogP contribution in [0.15, 0.2) is 0 Å². The number of thioether (sulfide) groups is 1. The zero-order chi connectivity index (χ0) is 102. The van der Waals surface area contributed by atoms with Crippen LogP contribution in [0.1, 0.15) is 200 Å². The van der Waals surface area contributed by atoms with Gasteiger partial charge in [0.05, 0.1) is 51.2 Å². The van der Waals surface area contributed by atoms with Crippen molar-refractivity contribution in [3.05, 3.63) is 0 Å². The molecule has 133 heavy (non-hydrogen) atoms. The highest BCUT2D eigenvalue weighted by Gasteiger charge is 2.44. The number of amides is 20. The molecule has 0 bridgehead atoms. The van der Waals surface area contributed by atoms with Crippen molar-refractivity contribution in [3.8, 4) is 0 Å². The highest BCUT2D eigenvalue weighted by Crippen LogP contribution is 2.24. The number of carbonyl (C=O) groups excluding carboxylic acids is 20. The molecule has 50 heteroatoms. The average molecular weight is 1910 g/mol. The fraction of sp³-hybridized carbons (Fsp3) is 0.735. The van der Waals surface area contributed by atoms with Crippen molar-refractivity contribution in [3.63, 3.8) is 0 Å². The molecule has 0 unspecified atom stereocenters. The fourth-order valence-corrected chi connectivity index (χ4v) is 14.0. The van der Waals surface area contributed by atoms with Gasteiger partial charge in [0.25, 0.3) is 0 Å². The van der Waals surface area contributed by atoms with Gasteiger partial charge in [0.1, 0.15) is 96.7 Å². The smallest absolute Gasteiger partial charge is 0.305 e. The molecule has 0 saturated carbocycles. The SMILES string of the molecule is CC[C@H](C)[C@H](NC(=O)[C@H](CC(C)C)NC(=O)[C@H](CCC(=O)O)NC(=O)[C@H](CO)NC(=O)[C@@H](N)CC(N)=O)C(=O)N[C@@H](CC(N)=O)C(=O)N[C@@H](CO)C(=O)N[C@@H](CC(C)C)C(=O)N[C@@H](CC(C)C)C(=O)NCC(=O)N[C@H](C(=O)N1CCC[C@H]1C(=O)N[C@@H](CCCCN)C(=O)N[C@H](C(=O)N[C@@H](CCSC)C(=O)N[C@H](C(=O)N[C@@H](CC(=O)O)C(=O)N[C@@H](C)C(N)=O)[C@@H](C)O)C(C)C)[C@@H](C)CC. The second-order valence-electron chi connectivity index (χ2n) is 34.7. The van der Waals surface area contributed by atoms with E-state index in [-0.39, 0.29) is 88.0 Å². The van der Waals surface area contributed by atoms with Crippen molar-refractivity contribution in [1.29, 1.82) is 0 Å². The average Bonchev–Trinajstić information content (AvgIpc) is 1.71. The molecule has 1 aliphatic rings. The Balaban J connectivity index is 3.50. The Morgan fingerprint density at radius 1 is 0.414 bits per heavy atom. The second-order valence-corrected chi connectivity index (χ2v) is 35.7. The summed E-state index contributed by atoms with van der Waals surface area (Å²) in [4.78, 5) is 298. The van der Waals surface area contributed by atoms with Gasteiger partial charge in [-0.25, -0.2) is 0 Å². The number of hydrogen-bond acceptors (Lipinski definition) is 28. The molecule has 0 radical (unpaired) electrons. The lowest BCUT2D eigenvalue weighted by molar-refractivity contribution is -0.143. The Morgan fingerprint density at radius 3 is 1.26 bits per heavy atom. The first-order chi connectivity index (χ1) is 62.1. The van der Waals surface area contributed by atoms with E-state index in [1.165, 1.54) is 30.5 Å². The van der Waals surface area contributed by atoms with Crippen LogP contribution in [0.4, 0.5) is 0 Å². The maximum Gasteiger partial charge on any atom is 0.305 e. The molecule has 20 atom stereocenters. The first kappa shape index (κ1) is 119. The molecule has 1 heterocycles. The molecule has 49 nitrogen and oxygen atoms in total. The Bertz CT molecular complexity index is 3990. The van der Waals surface area contributed by atoms with Gasteiger partial charge in [-0.15, -0.1) is 0 Å². The molecule has 1 aliphatic heterocycles. The predicted molar refractivity (Wildman–Crippen MR) is 480 cm³/mol. The van der Waals surface area contributed by atoms with Gasteiger partial charge in [0.15, 0.2) is 0 Å². The topological polar surface area (TPSA) is 803 Å². The van der Waals surface area contributed by atoms with Gasteiger partial charge in [0.2, 0.25) is 118 Å². The van der Waals surface area contributed by atoms with Gasteiger partial charge >= 0.3 is 11.9 Å². The number of nitrogens with two attached hydrogens (primary N) is 5. The van der Waals surface area contributed by atoms with E-state index in [9.17, 15) is 131 Å². The monoisotopic (exact) mass is 1910 g/mol. The molecule has 0 aromatic carbocycles. The van der Waals surface area contributed by atoms with Crippen molar-refractivity contribution < 1.29 is 131 Å². The minimum atomic E-state index is -1.93. The molecule has 20 amide bonds. The van der Waals surface area contributed by atoms with Crippen molar-refractivity contribution in [1.82, 2.24) is 90.0 Å². The van der Waals surface area contributed by atoms with Crippen molar-refractivity contribution in [2.75, 3.05) is 44.9 Å². The van der Waals surface area contributed by atoms with Crippen LogP contribution < -0.4 is 114 Å². The van der Waals surface area contributed by atoms with Gasteiger partial charge in [-0.3, -0.25) is 105 Å². The van der Waals surface area contributed by atoms with Crippen LogP contribution in [-0.2, 0) is 105 Å². The number of nitrogens with zero attached hydrogens (tertiary/aromatic N) is 1. The van der Waals surface area contributed by atoms with Crippen LogP contribution in [0.5, 0.6) is 0 Å². The van der Waals surface area contributed by atoms with Gasteiger partial charge < -0.3 is 144 Å². The molecule has 1 fully saturated rings. The van der Waals surface area contributed by atoms with Crippen LogP contribution in [-0.4, -0.2) is 314 Å². The number of likely N-dealkylation sites (tertiary alicyclic amines) is 1. The first-order valence-electron chi connectivity index (χ1n) is 44.4. The maximum atomic E-state index is 14.8. The summed E-state index contributed by atoms with van der Waals surface area (Å²) in [5.41, 5.74) is 27.3.